The van der Waals surface area contributed by atoms with Crippen LogP contribution >= 0.6 is 0 Å². The zero-order chi connectivity index (χ0) is 20.5. The van der Waals surface area contributed by atoms with Crippen LogP contribution < -0.4 is 0 Å². The Kier molecular flexibility index (Phi) is 4.79. The SMILES string of the molecule is Cc1cc(C(F)F)n2ncc(C(=O)N(C)Cc3ccc(-n4cccn4)cc3)c2n1. The van der Waals surface area contributed by atoms with Gasteiger partial charge in [0.2, 0.25) is 0 Å². The van der Waals surface area contributed by atoms with Gasteiger partial charge in [0.05, 0.1) is 11.9 Å². The van der Waals surface area contributed by atoms with E-state index in [-0.39, 0.29) is 22.8 Å². The summed E-state index contributed by atoms with van der Waals surface area (Å²) in [5.74, 6) is -0.338. The van der Waals surface area contributed by atoms with Crippen molar-refractivity contribution in [3.63, 3.8) is 0 Å². The molecule has 4 rings (SSSR count). The molecule has 0 aliphatic heterocycles. The third-order valence-electron chi connectivity index (χ3n) is 4.55. The van der Waals surface area contributed by atoms with E-state index in [0.717, 1.165) is 15.8 Å². The van der Waals surface area contributed by atoms with Gasteiger partial charge in [-0.3, -0.25) is 4.79 Å². The number of fused-ring (bicyclic) bond motifs is 1. The van der Waals surface area contributed by atoms with E-state index in [0.29, 0.717) is 12.2 Å². The molecule has 148 valence electrons. The Morgan fingerprint density at radius 1 is 1.21 bits per heavy atom. The molecule has 0 bridgehead atoms. The average molecular weight is 396 g/mol. The molecule has 0 aliphatic carbocycles. The molecule has 0 fully saturated rings. The van der Waals surface area contributed by atoms with Gasteiger partial charge in [0, 0.05) is 31.7 Å². The van der Waals surface area contributed by atoms with Gasteiger partial charge in [-0.25, -0.2) is 23.0 Å². The molecule has 29 heavy (non-hydrogen) atoms. The summed E-state index contributed by atoms with van der Waals surface area (Å²) in [6.45, 7) is 1.96. The van der Waals surface area contributed by atoms with Gasteiger partial charge in [-0.15, -0.1) is 0 Å². The smallest absolute Gasteiger partial charge is 0.280 e. The first-order valence-corrected chi connectivity index (χ1v) is 8.92. The lowest BCUT2D eigenvalue weighted by atomic mass is 10.2. The number of carbonyl (C=O) groups excluding carboxylic acids is 1. The van der Waals surface area contributed by atoms with Crippen molar-refractivity contribution in [1.29, 1.82) is 0 Å². The number of hydrogen-bond acceptors (Lipinski definition) is 4. The largest absolute Gasteiger partial charge is 0.337 e. The van der Waals surface area contributed by atoms with Crippen LogP contribution in [0.4, 0.5) is 8.78 Å². The molecule has 1 amide bonds. The molecule has 0 saturated heterocycles. The monoisotopic (exact) mass is 396 g/mol. The maximum absolute atomic E-state index is 13.3. The van der Waals surface area contributed by atoms with Crippen molar-refractivity contribution < 1.29 is 13.6 Å². The van der Waals surface area contributed by atoms with E-state index in [4.69, 9.17) is 0 Å². The van der Waals surface area contributed by atoms with Gasteiger partial charge >= 0.3 is 0 Å². The number of halogens is 2. The summed E-state index contributed by atoms with van der Waals surface area (Å²) in [6.07, 6.45) is 2.12. The van der Waals surface area contributed by atoms with E-state index in [1.54, 1.807) is 24.9 Å². The molecule has 0 N–H and O–H groups in total. The molecule has 0 spiro atoms. The number of hydrogen-bond donors (Lipinski definition) is 0. The summed E-state index contributed by atoms with van der Waals surface area (Å²) < 4.78 is 29.3. The summed E-state index contributed by atoms with van der Waals surface area (Å²) in [4.78, 5) is 18.6. The van der Waals surface area contributed by atoms with E-state index in [9.17, 15) is 13.6 Å². The number of aryl methyl sites for hydroxylation is 1. The van der Waals surface area contributed by atoms with E-state index in [2.05, 4.69) is 15.2 Å². The van der Waals surface area contributed by atoms with Gasteiger partial charge in [-0.2, -0.15) is 10.2 Å². The van der Waals surface area contributed by atoms with Gasteiger partial charge < -0.3 is 4.90 Å². The van der Waals surface area contributed by atoms with Crippen LogP contribution in [0, 0.1) is 6.92 Å². The molecule has 1 aromatic carbocycles. The van der Waals surface area contributed by atoms with Crippen LogP contribution in [0.25, 0.3) is 11.3 Å². The van der Waals surface area contributed by atoms with Crippen molar-refractivity contribution in [3.8, 4) is 5.69 Å². The average Bonchev–Trinajstić information content (AvgIpc) is 3.37. The summed E-state index contributed by atoms with van der Waals surface area (Å²) in [5.41, 5.74) is 2.26. The Morgan fingerprint density at radius 3 is 2.62 bits per heavy atom. The maximum atomic E-state index is 13.3. The number of carbonyl (C=O) groups is 1. The standard InChI is InChI=1S/C20H18F2N6O/c1-13-10-17(18(21)22)28-19(25-13)16(11-24-28)20(29)26(2)12-14-4-6-15(7-5-14)27-9-3-8-23-27/h3-11,18H,12H2,1-2H3. The molecule has 3 aromatic heterocycles. The zero-order valence-corrected chi connectivity index (χ0v) is 15.8. The van der Waals surface area contributed by atoms with E-state index >= 15 is 0 Å². The van der Waals surface area contributed by atoms with Crippen molar-refractivity contribution >= 4 is 11.6 Å². The number of aromatic nitrogens is 5. The number of nitrogens with zero attached hydrogens (tertiary/aromatic N) is 6. The van der Waals surface area contributed by atoms with Gasteiger partial charge in [0.1, 0.15) is 11.3 Å². The molecule has 7 nitrogen and oxygen atoms in total. The maximum Gasteiger partial charge on any atom is 0.280 e. The summed E-state index contributed by atoms with van der Waals surface area (Å²) in [6, 6.07) is 10.8. The fourth-order valence-corrected chi connectivity index (χ4v) is 3.15. The number of alkyl halides is 2. The van der Waals surface area contributed by atoms with Gasteiger partial charge in [0.25, 0.3) is 12.3 Å². The lowest BCUT2D eigenvalue weighted by molar-refractivity contribution is 0.0786. The molecular formula is C20H18F2N6O. The van der Waals surface area contributed by atoms with Crippen molar-refractivity contribution in [1.82, 2.24) is 29.3 Å². The third-order valence-corrected chi connectivity index (χ3v) is 4.55. The van der Waals surface area contributed by atoms with Crippen molar-refractivity contribution in [3.05, 3.63) is 77.5 Å². The Labute approximate surface area is 165 Å². The summed E-state index contributed by atoms with van der Waals surface area (Å²) in [7, 11) is 1.65. The van der Waals surface area contributed by atoms with Crippen molar-refractivity contribution in [2.24, 2.45) is 0 Å². The highest BCUT2D eigenvalue weighted by Gasteiger charge is 2.22. The fourth-order valence-electron chi connectivity index (χ4n) is 3.15. The highest BCUT2D eigenvalue weighted by atomic mass is 19.3. The minimum atomic E-state index is -2.71. The first-order valence-electron chi connectivity index (χ1n) is 8.92. The molecule has 0 unspecified atom stereocenters. The molecule has 9 heteroatoms. The van der Waals surface area contributed by atoms with Crippen molar-refractivity contribution in [2.75, 3.05) is 7.05 Å². The van der Waals surface area contributed by atoms with Gasteiger partial charge in [-0.1, -0.05) is 12.1 Å². The minimum Gasteiger partial charge on any atom is -0.337 e. The second-order valence-electron chi connectivity index (χ2n) is 6.70. The molecule has 0 saturated carbocycles. The van der Waals surface area contributed by atoms with Crippen LogP contribution in [0.1, 0.15) is 33.7 Å². The second kappa shape index (κ2) is 7.42. The van der Waals surface area contributed by atoms with Crippen molar-refractivity contribution in [2.45, 2.75) is 19.9 Å². The molecule has 0 atom stereocenters. The van der Waals surface area contributed by atoms with Crippen LogP contribution in [0.3, 0.4) is 0 Å². The number of rotatable bonds is 5. The van der Waals surface area contributed by atoms with E-state index in [1.807, 2.05) is 36.5 Å². The third kappa shape index (κ3) is 3.58. The highest BCUT2D eigenvalue weighted by molar-refractivity contribution is 5.99. The highest BCUT2D eigenvalue weighted by Crippen LogP contribution is 2.22. The first-order chi connectivity index (χ1) is 13.9. The van der Waals surface area contributed by atoms with Crippen LogP contribution in [-0.4, -0.2) is 42.2 Å². The number of amides is 1. The summed E-state index contributed by atoms with van der Waals surface area (Å²) in [5, 5.41) is 8.13. The minimum absolute atomic E-state index is 0.131. The van der Waals surface area contributed by atoms with Crippen LogP contribution in [-0.2, 0) is 6.54 Å². The number of benzene rings is 1. The quantitative estimate of drug-likeness (QED) is 0.518. The lowest BCUT2D eigenvalue weighted by Gasteiger charge is -2.17. The second-order valence-corrected chi connectivity index (χ2v) is 6.70. The van der Waals surface area contributed by atoms with E-state index < -0.39 is 6.43 Å². The Balaban J connectivity index is 1.57. The van der Waals surface area contributed by atoms with Crippen LogP contribution in [0.5, 0.6) is 0 Å². The zero-order valence-electron chi connectivity index (χ0n) is 15.8. The van der Waals surface area contributed by atoms with Crippen LogP contribution in [0.2, 0.25) is 0 Å². The normalized spacial score (nSPS) is 11.3. The predicted molar refractivity (Wildman–Crippen MR) is 102 cm³/mol. The Hall–Kier alpha value is -3.62. The topological polar surface area (TPSA) is 68.3 Å². The predicted octanol–water partition coefficient (Wildman–Crippen LogP) is 3.43. The molecule has 0 radical (unpaired) electrons. The van der Waals surface area contributed by atoms with Gasteiger partial charge in [0.15, 0.2) is 5.65 Å². The molecule has 0 aliphatic rings. The Bertz CT molecular complexity index is 1150. The molecule has 4 aromatic rings. The first kappa shape index (κ1) is 18.7. The van der Waals surface area contributed by atoms with Gasteiger partial charge in [-0.05, 0) is 36.8 Å². The molecular weight excluding hydrogens is 378 g/mol. The summed E-state index contributed by atoms with van der Waals surface area (Å²) >= 11 is 0. The van der Waals surface area contributed by atoms with E-state index in [1.165, 1.54) is 17.2 Å². The lowest BCUT2D eigenvalue weighted by Crippen LogP contribution is -2.26. The fraction of sp³-hybridized carbons (Fsp3) is 0.200. The Morgan fingerprint density at radius 2 is 1.97 bits per heavy atom. The van der Waals surface area contributed by atoms with Crippen LogP contribution in [0.15, 0.2) is 55.0 Å². The molecule has 3 heterocycles.